The molecule has 0 fully saturated rings. The number of allylic oxidation sites excluding steroid dienone is 1. The average molecular weight is 407 g/mol. The van der Waals surface area contributed by atoms with Crippen LogP contribution in [0.15, 0.2) is 102 Å². The highest BCUT2D eigenvalue weighted by Gasteiger charge is 2.07. The summed E-state index contributed by atoms with van der Waals surface area (Å²) >= 11 is 0. The van der Waals surface area contributed by atoms with E-state index in [4.69, 9.17) is 0 Å². The minimum absolute atomic E-state index is 0.316. The molecule has 4 aromatic rings. The number of nitrogens with one attached hydrogen (secondary N) is 3. The Kier molecular flexibility index (Phi) is 6.58. The van der Waals surface area contributed by atoms with Gasteiger partial charge in [-0.05, 0) is 35.9 Å². The molecule has 4 rings (SSSR count). The van der Waals surface area contributed by atoms with Gasteiger partial charge in [0.25, 0.3) is 0 Å². The third-order valence-electron chi connectivity index (χ3n) is 4.11. The normalized spacial score (nSPS) is 11.0. The molecule has 7 heteroatoms. The lowest BCUT2D eigenvalue weighted by Crippen LogP contribution is -2.07. The van der Waals surface area contributed by atoms with E-state index in [1.165, 1.54) is 0 Å². The van der Waals surface area contributed by atoms with Gasteiger partial charge in [-0.3, -0.25) is 0 Å². The lowest BCUT2D eigenvalue weighted by atomic mass is 10.2. The number of aromatic nitrogens is 3. The van der Waals surface area contributed by atoms with Crippen LogP contribution in [0.25, 0.3) is 6.08 Å². The van der Waals surface area contributed by atoms with E-state index in [9.17, 15) is 0 Å². The molecule has 3 aromatic carbocycles. The predicted octanol–water partition coefficient (Wildman–Crippen LogP) is 5.47. The number of nitrogens with zero attached hydrogens (tertiary/aromatic N) is 4. The molecular formula is C24H21N7. The van der Waals surface area contributed by atoms with Crippen molar-refractivity contribution < 1.29 is 0 Å². The third-order valence-corrected chi connectivity index (χ3v) is 4.11. The number of hydrogen-bond donors (Lipinski definition) is 3. The molecule has 0 spiro atoms. The van der Waals surface area contributed by atoms with Crippen molar-refractivity contribution in [1.82, 2.24) is 15.0 Å². The first-order valence-corrected chi connectivity index (χ1v) is 9.76. The van der Waals surface area contributed by atoms with Gasteiger partial charge in [-0.15, -0.1) is 0 Å². The van der Waals surface area contributed by atoms with E-state index in [1.54, 1.807) is 6.21 Å². The first-order chi connectivity index (χ1) is 15.3. The summed E-state index contributed by atoms with van der Waals surface area (Å²) in [6.45, 7) is 0. The lowest BCUT2D eigenvalue weighted by Gasteiger charge is -2.10. The summed E-state index contributed by atoms with van der Waals surface area (Å²) in [5.41, 5.74) is 5.70. The molecule has 0 amide bonds. The van der Waals surface area contributed by atoms with Gasteiger partial charge in [0.2, 0.25) is 17.8 Å². The zero-order chi connectivity index (χ0) is 21.1. The van der Waals surface area contributed by atoms with Crippen LogP contribution in [-0.2, 0) is 0 Å². The van der Waals surface area contributed by atoms with Crippen LogP contribution >= 0.6 is 0 Å². The van der Waals surface area contributed by atoms with E-state index >= 15 is 0 Å². The molecule has 0 aliphatic carbocycles. The van der Waals surface area contributed by atoms with Crippen LogP contribution in [0.1, 0.15) is 5.56 Å². The lowest BCUT2D eigenvalue weighted by molar-refractivity contribution is 1.04. The summed E-state index contributed by atoms with van der Waals surface area (Å²) < 4.78 is 0. The second-order valence-corrected chi connectivity index (χ2v) is 6.45. The van der Waals surface area contributed by atoms with E-state index in [1.807, 2.05) is 103 Å². The van der Waals surface area contributed by atoms with Crippen molar-refractivity contribution in [1.29, 1.82) is 0 Å². The molecule has 0 saturated carbocycles. The van der Waals surface area contributed by atoms with Crippen LogP contribution in [0.4, 0.5) is 29.2 Å². The maximum Gasteiger partial charge on any atom is 0.250 e. The molecule has 152 valence electrons. The van der Waals surface area contributed by atoms with Gasteiger partial charge in [-0.1, -0.05) is 72.8 Å². The van der Waals surface area contributed by atoms with Gasteiger partial charge in [0.15, 0.2) is 0 Å². The van der Waals surface area contributed by atoms with Crippen LogP contribution in [-0.4, -0.2) is 21.2 Å². The van der Waals surface area contributed by atoms with Gasteiger partial charge >= 0.3 is 0 Å². The molecule has 0 atom stereocenters. The van der Waals surface area contributed by atoms with Gasteiger partial charge in [-0.25, -0.2) is 5.43 Å². The summed E-state index contributed by atoms with van der Waals surface area (Å²) in [7, 11) is 0. The molecule has 0 aliphatic rings. The zero-order valence-electron chi connectivity index (χ0n) is 16.7. The van der Waals surface area contributed by atoms with Gasteiger partial charge in [0.05, 0.1) is 0 Å². The molecule has 0 aliphatic heterocycles. The van der Waals surface area contributed by atoms with Gasteiger partial charge in [0, 0.05) is 17.6 Å². The minimum Gasteiger partial charge on any atom is -0.324 e. The summed E-state index contributed by atoms with van der Waals surface area (Å²) in [6, 6.07) is 29.4. The first-order valence-electron chi connectivity index (χ1n) is 9.76. The third kappa shape index (κ3) is 6.23. The smallest absolute Gasteiger partial charge is 0.250 e. The first kappa shape index (κ1) is 19.8. The highest BCUT2D eigenvalue weighted by atomic mass is 15.4. The number of anilines is 5. The van der Waals surface area contributed by atoms with Gasteiger partial charge in [0.1, 0.15) is 0 Å². The maximum absolute atomic E-state index is 4.46. The van der Waals surface area contributed by atoms with Crippen LogP contribution in [0.3, 0.4) is 0 Å². The van der Waals surface area contributed by atoms with Crippen molar-refractivity contribution in [3.8, 4) is 0 Å². The highest BCUT2D eigenvalue weighted by Crippen LogP contribution is 2.18. The zero-order valence-corrected chi connectivity index (χ0v) is 16.7. The number of benzene rings is 3. The Morgan fingerprint density at radius 3 is 1.61 bits per heavy atom. The molecule has 7 nitrogen and oxygen atoms in total. The van der Waals surface area contributed by atoms with E-state index in [-0.39, 0.29) is 0 Å². The molecule has 31 heavy (non-hydrogen) atoms. The van der Waals surface area contributed by atoms with Crippen LogP contribution in [0, 0.1) is 0 Å². The predicted molar refractivity (Wildman–Crippen MR) is 127 cm³/mol. The average Bonchev–Trinajstić information content (AvgIpc) is 2.81. The Morgan fingerprint density at radius 2 is 1.06 bits per heavy atom. The minimum atomic E-state index is 0.316. The van der Waals surface area contributed by atoms with Crippen LogP contribution in [0.5, 0.6) is 0 Å². The van der Waals surface area contributed by atoms with Gasteiger partial charge < -0.3 is 10.6 Å². The summed E-state index contributed by atoms with van der Waals surface area (Å²) in [4.78, 5) is 13.3. The Balaban J connectivity index is 1.50. The van der Waals surface area contributed by atoms with Crippen molar-refractivity contribution in [2.45, 2.75) is 0 Å². The van der Waals surface area contributed by atoms with E-state index in [2.05, 4.69) is 36.1 Å². The summed E-state index contributed by atoms with van der Waals surface area (Å²) in [5.74, 6) is 1.12. The standard InChI is InChI=1S/C24H21N7/c1-4-11-19(12-5-1)13-10-18-25-31-24-29-22(26-20-14-6-2-7-15-20)28-23(30-24)27-21-16-8-3-9-17-21/h1-18H,(H3,26,27,28,29,30,31)/b13-10+,25-18-. The van der Waals surface area contributed by atoms with Crippen LogP contribution in [0.2, 0.25) is 0 Å². The molecule has 0 saturated heterocycles. The largest absolute Gasteiger partial charge is 0.324 e. The molecule has 1 heterocycles. The topological polar surface area (TPSA) is 87.1 Å². The number of rotatable bonds is 8. The fraction of sp³-hybridized carbons (Fsp3) is 0. The molecule has 1 aromatic heterocycles. The fourth-order valence-electron chi connectivity index (χ4n) is 2.70. The van der Waals surface area contributed by atoms with Crippen molar-refractivity contribution in [2.24, 2.45) is 5.10 Å². The summed E-state index contributed by atoms with van der Waals surface area (Å²) in [6.07, 6.45) is 5.45. The quantitative estimate of drug-likeness (QED) is 0.265. The SMILES string of the molecule is C(/C=C/c1ccccc1)=N/Nc1nc(Nc2ccccc2)nc(Nc2ccccc2)n1. The number of para-hydroxylation sites is 2. The monoisotopic (exact) mass is 407 g/mol. The maximum atomic E-state index is 4.46. The second kappa shape index (κ2) is 10.3. The highest BCUT2D eigenvalue weighted by molar-refractivity contribution is 5.78. The number of hydrazone groups is 1. The van der Waals surface area contributed by atoms with Crippen LogP contribution < -0.4 is 16.1 Å². The number of hydrogen-bond acceptors (Lipinski definition) is 7. The molecular weight excluding hydrogens is 386 g/mol. The van der Waals surface area contributed by atoms with Crippen molar-refractivity contribution in [3.63, 3.8) is 0 Å². The fourth-order valence-corrected chi connectivity index (χ4v) is 2.70. The Hall–Kier alpha value is -4.52. The molecule has 3 N–H and O–H groups in total. The molecule has 0 radical (unpaired) electrons. The Morgan fingerprint density at radius 1 is 0.581 bits per heavy atom. The van der Waals surface area contributed by atoms with Gasteiger partial charge in [-0.2, -0.15) is 20.1 Å². The van der Waals surface area contributed by atoms with Crippen molar-refractivity contribution in [3.05, 3.63) is 103 Å². The van der Waals surface area contributed by atoms with E-state index in [0.29, 0.717) is 17.8 Å². The van der Waals surface area contributed by atoms with Crippen molar-refractivity contribution >= 4 is 41.5 Å². The summed E-state index contributed by atoms with van der Waals surface area (Å²) in [5, 5.41) is 10.6. The van der Waals surface area contributed by atoms with E-state index in [0.717, 1.165) is 16.9 Å². The van der Waals surface area contributed by atoms with E-state index < -0.39 is 0 Å². The second-order valence-electron chi connectivity index (χ2n) is 6.45. The molecule has 0 unspecified atom stereocenters. The molecule has 0 bridgehead atoms. The Labute approximate surface area is 180 Å². The Bertz CT molecular complexity index is 1080. The van der Waals surface area contributed by atoms with Crippen molar-refractivity contribution in [2.75, 3.05) is 16.1 Å².